The molecule has 1 unspecified atom stereocenters. The third-order valence-electron chi connectivity index (χ3n) is 6.95. The maximum Gasteiger partial charge on any atom is 0.224 e. The van der Waals surface area contributed by atoms with Crippen molar-refractivity contribution in [1.29, 1.82) is 0 Å². The number of hydrogen-bond acceptors (Lipinski definition) is 4. The Bertz CT molecular complexity index is 1270. The van der Waals surface area contributed by atoms with E-state index in [0.29, 0.717) is 0 Å². The van der Waals surface area contributed by atoms with Crippen molar-refractivity contribution in [3.05, 3.63) is 126 Å². The molecule has 0 bridgehead atoms. The topological polar surface area (TPSA) is 54.5 Å². The van der Waals surface area contributed by atoms with Gasteiger partial charge < -0.3 is 10.1 Å². The highest BCUT2D eigenvalue weighted by atomic mass is 16.5. The lowest BCUT2D eigenvalue weighted by molar-refractivity contribution is -0.127. The number of piperidine rings is 1. The fourth-order valence-corrected chi connectivity index (χ4v) is 4.79. The zero-order valence-corrected chi connectivity index (χ0v) is 21.2. The fraction of sp³-hybridized carbons (Fsp3) is 0.250. The average molecular weight is 492 g/mol. The molecule has 2 heterocycles. The number of pyridine rings is 1. The summed E-state index contributed by atoms with van der Waals surface area (Å²) in [6.07, 6.45) is 3.48. The summed E-state index contributed by atoms with van der Waals surface area (Å²) in [5, 5.41) is 3.30. The summed E-state index contributed by atoms with van der Waals surface area (Å²) >= 11 is 0. The molecule has 1 fully saturated rings. The second-order valence-corrected chi connectivity index (χ2v) is 9.72. The Morgan fingerprint density at radius 3 is 2.24 bits per heavy atom. The predicted octanol–water partition coefficient (Wildman–Crippen LogP) is 6.30. The molecule has 5 rings (SSSR count). The number of amides is 1. The van der Waals surface area contributed by atoms with E-state index in [1.165, 1.54) is 11.1 Å². The minimum absolute atomic E-state index is 0.00885. The standard InChI is InChI=1S/C32H33N3O2/c1-24-10-14-26(15-11-24)31(30-9-5-6-20-33-30)34-32(36)27-18-21-35(22-19-27)23-25-12-16-29(17-13-25)37-28-7-3-2-4-8-28/h2-17,20,27,31H,18-19,21-23H2,1H3,(H,34,36). The van der Waals surface area contributed by atoms with Crippen LogP contribution in [0.15, 0.2) is 103 Å². The van der Waals surface area contributed by atoms with Gasteiger partial charge in [0.15, 0.2) is 0 Å². The molecule has 1 aliphatic rings. The smallest absolute Gasteiger partial charge is 0.224 e. The van der Waals surface area contributed by atoms with Crippen LogP contribution in [0.4, 0.5) is 0 Å². The van der Waals surface area contributed by atoms with E-state index in [0.717, 1.165) is 55.2 Å². The molecule has 0 radical (unpaired) electrons. The molecule has 1 aliphatic heterocycles. The third-order valence-corrected chi connectivity index (χ3v) is 6.95. The van der Waals surface area contributed by atoms with Crippen LogP contribution >= 0.6 is 0 Å². The summed E-state index contributed by atoms with van der Waals surface area (Å²) in [6, 6.07) is 32.0. The Balaban J connectivity index is 1.15. The Hall–Kier alpha value is -3.96. The highest BCUT2D eigenvalue weighted by Gasteiger charge is 2.28. The number of para-hydroxylation sites is 1. The first-order chi connectivity index (χ1) is 18.1. The van der Waals surface area contributed by atoms with Gasteiger partial charge in [0.1, 0.15) is 11.5 Å². The second-order valence-electron chi connectivity index (χ2n) is 9.72. The van der Waals surface area contributed by atoms with Crippen LogP contribution < -0.4 is 10.1 Å². The van der Waals surface area contributed by atoms with Crippen molar-refractivity contribution in [1.82, 2.24) is 15.2 Å². The maximum atomic E-state index is 13.3. The molecule has 0 saturated carbocycles. The molecule has 3 aromatic carbocycles. The van der Waals surface area contributed by atoms with Gasteiger partial charge in [-0.15, -0.1) is 0 Å². The molecule has 4 aromatic rings. The number of aryl methyl sites for hydroxylation is 1. The van der Waals surface area contributed by atoms with Crippen LogP contribution in [0.3, 0.4) is 0 Å². The first kappa shape index (κ1) is 24.7. The van der Waals surface area contributed by atoms with E-state index in [4.69, 9.17) is 4.74 Å². The molecule has 1 atom stereocenters. The highest BCUT2D eigenvalue weighted by Crippen LogP contribution is 2.26. The summed E-state index contributed by atoms with van der Waals surface area (Å²) < 4.78 is 5.90. The van der Waals surface area contributed by atoms with Crippen molar-refractivity contribution in [2.75, 3.05) is 13.1 Å². The molecule has 1 amide bonds. The van der Waals surface area contributed by atoms with Crippen molar-refractivity contribution >= 4 is 5.91 Å². The van der Waals surface area contributed by atoms with Crippen molar-refractivity contribution in [3.8, 4) is 11.5 Å². The lowest BCUT2D eigenvalue weighted by Gasteiger charge is -2.32. The van der Waals surface area contributed by atoms with Gasteiger partial charge in [-0.05, 0) is 80.4 Å². The maximum absolute atomic E-state index is 13.3. The van der Waals surface area contributed by atoms with E-state index in [-0.39, 0.29) is 17.9 Å². The summed E-state index contributed by atoms with van der Waals surface area (Å²) in [5.74, 6) is 1.79. The van der Waals surface area contributed by atoms with Gasteiger partial charge in [-0.3, -0.25) is 14.7 Å². The molecule has 0 aliphatic carbocycles. The SMILES string of the molecule is Cc1ccc(C(NC(=O)C2CCN(Cc3ccc(Oc4ccccc4)cc3)CC2)c2ccccn2)cc1. The number of aromatic nitrogens is 1. The summed E-state index contributed by atoms with van der Waals surface area (Å²) in [5.41, 5.74) is 4.35. The van der Waals surface area contributed by atoms with Crippen molar-refractivity contribution < 1.29 is 9.53 Å². The highest BCUT2D eigenvalue weighted by molar-refractivity contribution is 5.79. The van der Waals surface area contributed by atoms with E-state index < -0.39 is 0 Å². The Morgan fingerprint density at radius 1 is 0.892 bits per heavy atom. The predicted molar refractivity (Wildman–Crippen MR) is 146 cm³/mol. The largest absolute Gasteiger partial charge is 0.457 e. The van der Waals surface area contributed by atoms with Crippen LogP contribution in [-0.2, 0) is 11.3 Å². The number of benzene rings is 3. The van der Waals surface area contributed by atoms with Gasteiger partial charge in [-0.1, -0.05) is 66.2 Å². The van der Waals surface area contributed by atoms with Crippen LogP contribution in [0, 0.1) is 12.8 Å². The van der Waals surface area contributed by atoms with Crippen LogP contribution in [0.2, 0.25) is 0 Å². The number of nitrogens with zero attached hydrogens (tertiary/aromatic N) is 2. The van der Waals surface area contributed by atoms with Gasteiger partial charge in [-0.2, -0.15) is 0 Å². The van der Waals surface area contributed by atoms with Crippen molar-refractivity contribution in [3.63, 3.8) is 0 Å². The van der Waals surface area contributed by atoms with Gasteiger partial charge >= 0.3 is 0 Å². The van der Waals surface area contributed by atoms with Gasteiger partial charge in [0.2, 0.25) is 5.91 Å². The van der Waals surface area contributed by atoms with E-state index >= 15 is 0 Å². The molecular weight excluding hydrogens is 458 g/mol. The van der Waals surface area contributed by atoms with E-state index in [1.807, 2.05) is 60.7 Å². The summed E-state index contributed by atoms with van der Waals surface area (Å²) in [7, 11) is 0. The van der Waals surface area contributed by atoms with Crippen LogP contribution in [-0.4, -0.2) is 28.9 Å². The van der Waals surface area contributed by atoms with Crippen LogP contribution in [0.5, 0.6) is 11.5 Å². The van der Waals surface area contributed by atoms with E-state index in [2.05, 4.69) is 58.5 Å². The van der Waals surface area contributed by atoms with Crippen LogP contribution in [0.25, 0.3) is 0 Å². The molecule has 0 spiro atoms. The minimum Gasteiger partial charge on any atom is -0.457 e. The van der Waals surface area contributed by atoms with Crippen LogP contribution in [0.1, 0.15) is 41.3 Å². The number of nitrogens with one attached hydrogen (secondary N) is 1. The molecule has 1 N–H and O–H groups in total. The Kier molecular flexibility index (Phi) is 7.92. The average Bonchev–Trinajstić information content (AvgIpc) is 2.95. The lowest BCUT2D eigenvalue weighted by Crippen LogP contribution is -2.41. The van der Waals surface area contributed by atoms with Gasteiger partial charge in [0.05, 0.1) is 11.7 Å². The normalized spacial score (nSPS) is 15.2. The molecule has 1 saturated heterocycles. The first-order valence-corrected chi connectivity index (χ1v) is 13.0. The van der Waals surface area contributed by atoms with E-state index in [1.54, 1.807) is 6.20 Å². The van der Waals surface area contributed by atoms with Gasteiger partial charge in [0, 0.05) is 18.7 Å². The Labute approximate surface area is 219 Å². The number of hydrogen-bond donors (Lipinski definition) is 1. The number of carbonyl (C=O) groups excluding carboxylic acids is 1. The monoisotopic (exact) mass is 491 g/mol. The zero-order valence-electron chi connectivity index (χ0n) is 21.2. The zero-order chi connectivity index (χ0) is 25.5. The summed E-state index contributed by atoms with van der Waals surface area (Å²) in [4.78, 5) is 20.3. The number of likely N-dealkylation sites (tertiary alicyclic amines) is 1. The second kappa shape index (κ2) is 11.8. The molecule has 37 heavy (non-hydrogen) atoms. The lowest BCUT2D eigenvalue weighted by atomic mass is 9.94. The van der Waals surface area contributed by atoms with Crippen molar-refractivity contribution in [2.24, 2.45) is 5.92 Å². The fourth-order valence-electron chi connectivity index (χ4n) is 4.79. The number of ether oxygens (including phenoxy) is 1. The summed E-state index contributed by atoms with van der Waals surface area (Å²) in [6.45, 7) is 4.75. The quantitative estimate of drug-likeness (QED) is 0.314. The molecular formula is C32H33N3O2. The molecule has 188 valence electrons. The van der Waals surface area contributed by atoms with Gasteiger partial charge in [0.25, 0.3) is 0 Å². The van der Waals surface area contributed by atoms with Gasteiger partial charge in [-0.25, -0.2) is 0 Å². The molecule has 5 heteroatoms. The number of carbonyl (C=O) groups is 1. The molecule has 5 nitrogen and oxygen atoms in total. The first-order valence-electron chi connectivity index (χ1n) is 13.0. The Morgan fingerprint density at radius 2 is 1.57 bits per heavy atom. The molecule has 1 aromatic heterocycles. The third kappa shape index (κ3) is 6.63. The number of rotatable bonds is 8. The van der Waals surface area contributed by atoms with Crippen molar-refractivity contribution in [2.45, 2.75) is 32.4 Å². The van der Waals surface area contributed by atoms with E-state index in [9.17, 15) is 4.79 Å². The minimum atomic E-state index is -0.246.